The summed E-state index contributed by atoms with van der Waals surface area (Å²) in [6.07, 6.45) is 8.24. The van der Waals surface area contributed by atoms with E-state index in [9.17, 15) is 4.79 Å². The van der Waals surface area contributed by atoms with Crippen molar-refractivity contribution in [2.24, 2.45) is 17.3 Å². The molecule has 2 atom stereocenters. The minimum atomic E-state index is -0.278. The molecule has 4 bridgehead atoms. The topological polar surface area (TPSA) is 59.8 Å². The molecule has 6 rings (SSSR count). The molecule has 2 aromatic rings. The Hall–Kier alpha value is -1.69. The summed E-state index contributed by atoms with van der Waals surface area (Å²) in [6.45, 7) is 4.15. The summed E-state index contributed by atoms with van der Waals surface area (Å²) in [4.78, 5) is 17.8. The van der Waals surface area contributed by atoms with E-state index in [1.807, 2.05) is 11.0 Å². The van der Waals surface area contributed by atoms with Gasteiger partial charge in [0, 0.05) is 5.69 Å². The van der Waals surface area contributed by atoms with Crippen LogP contribution < -0.4 is 5.32 Å². The highest BCUT2D eigenvalue weighted by molar-refractivity contribution is 9.10. The van der Waals surface area contributed by atoms with Gasteiger partial charge in [-0.3, -0.25) is 4.79 Å². The van der Waals surface area contributed by atoms with Crippen molar-refractivity contribution in [3.05, 3.63) is 40.4 Å². The monoisotopic (exact) mass is 428 g/mol. The average Bonchev–Trinajstić information content (AvgIpc) is 3.00. The van der Waals surface area contributed by atoms with E-state index in [4.69, 9.17) is 0 Å². The van der Waals surface area contributed by atoms with E-state index in [1.54, 1.807) is 0 Å². The van der Waals surface area contributed by atoms with Crippen molar-refractivity contribution in [3.63, 3.8) is 0 Å². The number of nitrogens with one attached hydrogen (secondary N) is 1. The van der Waals surface area contributed by atoms with Gasteiger partial charge in [0.15, 0.2) is 0 Å². The molecule has 4 aliphatic rings. The van der Waals surface area contributed by atoms with Crippen molar-refractivity contribution in [2.45, 2.75) is 57.9 Å². The molecule has 0 aliphatic heterocycles. The highest BCUT2D eigenvalue weighted by atomic mass is 79.9. The SMILES string of the molecule is Cc1cc(C)cc(NC(=O)C23C[C@@H]4C[C@@H](C2)CC(n2cnc(Br)n2)(C4)C3)c1. The molecule has 4 fully saturated rings. The number of aryl methyl sites for hydroxylation is 2. The first-order valence-corrected chi connectivity index (χ1v) is 10.6. The fourth-order valence-electron chi connectivity index (χ4n) is 6.53. The molecule has 1 heterocycles. The van der Waals surface area contributed by atoms with Crippen LogP contribution >= 0.6 is 15.9 Å². The van der Waals surface area contributed by atoms with E-state index in [0.29, 0.717) is 16.6 Å². The Kier molecular flexibility index (Phi) is 3.81. The minimum absolute atomic E-state index is 0.0526. The molecule has 0 unspecified atom stereocenters. The third-order valence-electron chi connectivity index (χ3n) is 6.94. The highest BCUT2D eigenvalue weighted by Gasteiger charge is 2.61. The van der Waals surface area contributed by atoms with Crippen LogP contribution in [-0.4, -0.2) is 20.7 Å². The number of carbonyl (C=O) groups is 1. The Labute approximate surface area is 168 Å². The second kappa shape index (κ2) is 5.90. The van der Waals surface area contributed by atoms with E-state index in [0.717, 1.165) is 37.8 Å². The summed E-state index contributed by atoms with van der Waals surface area (Å²) in [6, 6.07) is 6.27. The highest BCUT2D eigenvalue weighted by Crippen LogP contribution is 2.64. The van der Waals surface area contributed by atoms with Gasteiger partial charge in [-0.25, -0.2) is 9.67 Å². The van der Waals surface area contributed by atoms with E-state index in [1.165, 1.54) is 17.5 Å². The Morgan fingerprint density at radius 1 is 1.15 bits per heavy atom. The second-order valence-electron chi connectivity index (χ2n) is 9.25. The molecule has 4 aliphatic carbocycles. The zero-order valence-electron chi connectivity index (χ0n) is 15.8. The molecule has 1 amide bonds. The number of rotatable bonds is 3. The Balaban J connectivity index is 1.47. The van der Waals surface area contributed by atoms with Gasteiger partial charge >= 0.3 is 0 Å². The molecule has 0 saturated heterocycles. The molecule has 142 valence electrons. The first-order chi connectivity index (χ1) is 12.9. The van der Waals surface area contributed by atoms with Gasteiger partial charge in [-0.2, -0.15) is 0 Å². The van der Waals surface area contributed by atoms with Crippen molar-refractivity contribution in [3.8, 4) is 0 Å². The largest absolute Gasteiger partial charge is 0.326 e. The molecule has 0 radical (unpaired) electrons. The number of nitrogens with zero attached hydrogens (tertiary/aromatic N) is 3. The first kappa shape index (κ1) is 17.4. The molecule has 1 aromatic heterocycles. The maximum absolute atomic E-state index is 13.5. The first-order valence-electron chi connectivity index (χ1n) is 9.83. The smallest absolute Gasteiger partial charge is 0.230 e. The summed E-state index contributed by atoms with van der Waals surface area (Å²) in [5.41, 5.74) is 2.95. The van der Waals surface area contributed by atoms with Crippen LogP contribution in [0.2, 0.25) is 0 Å². The number of amides is 1. The van der Waals surface area contributed by atoms with Crippen molar-refractivity contribution in [1.29, 1.82) is 0 Å². The van der Waals surface area contributed by atoms with Crippen LogP contribution in [0.25, 0.3) is 0 Å². The maximum Gasteiger partial charge on any atom is 0.230 e. The predicted octanol–water partition coefficient (Wildman–Crippen LogP) is 4.59. The van der Waals surface area contributed by atoms with Crippen LogP contribution in [0.3, 0.4) is 0 Å². The van der Waals surface area contributed by atoms with E-state index in [2.05, 4.69) is 63.4 Å². The summed E-state index contributed by atoms with van der Waals surface area (Å²) in [5, 5.41) is 7.85. The normalized spacial score (nSPS) is 34.0. The third-order valence-corrected chi connectivity index (χ3v) is 7.30. The summed E-state index contributed by atoms with van der Waals surface area (Å²) < 4.78 is 2.68. The van der Waals surface area contributed by atoms with E-state index < -0.39 is 0 Å². The number of hydrogen-bond donors (Lipinski definition) is 1. The van der Waals surface area contributed by atoms with Crippen LogP contribution in [0.1, 0.15) is 49.7 Å². The molecule has 4 saturated carbocycles. The van der Waals surface area contributed by atoms with Crippen LogP contribution in [0.15, 0.2) is 29.3 Å². The molecule has 1 aromatic carbocycles. The van der Waals surface area contributed by atoms with Crippen molar-refractivity contribution < 1.29 is 4.79 Å². The number of hydrogen-bond acceptors (Lipinski definition) is 3. The van der Waals surface area contributed by atoms with Gasteiger partial charge in [0.2, 0.25) is 10.6 Å². The Morgan fingerprint density at radius 3 is 2.41 bits per heavy atom. The zero-order valence-corrected chi connectivity index (χ0v) is 17.4. The molecule has 5 nitrogen and oxygen atoms in total. The Morgan fingerprint density at radius 2 is 1.81 bits per heavy atom. The number of benzene rings is 1. The van der Waals surface area contributed by atoms with Gasteiger partial charge in [0.05, 0.1) is 11.0 Å². The number of aromatic nitrogens is 3. The van der Waals surface area contributed by atoms with Gasteiger partial charge in [-0.1, -0.05) is 6.07 Å². The van der Waals surface area contributed by atoms with Crippen LogP contribution in [0, 0.1) is 31.1 Å². The number of anilines is 1. The van der Waals surface area contributed by atoms with Crippen molar-refractivity contribution in [2.75, 3.05) is 5.32 Å². The fourth-order valence-corrected chi connectivity index (χ4v) is 6.79. The van der Waals surface area contributed by atoms with E-state index in [-0.39, 0.29) is 16.9 Å². The van der Waals surface area contributed by atoms with E-state index >= 15 is 0 Å². The lowest BCUT2D eigenvalue weighted by Crippen LogP contribution is -2.60. The van der Waals surface area contributed by atoms with Gasteiger partial charge in [0.1, 0.15) is 6.33 Å². The molecule has 27 heavy (non-hydrogen) atoms. The lowest BCUT2D eigenvalue weighted by Gasteiger charge is -2.60. The molecule has 6 heteroatoms. The lowest BCUT2D eigenvalue weighted by atomic mass is 9.46. The lowest BCUT2D eigenvalue weighted by molar-refractivity contribution is -0.150. The minimum Gasteiger partial charge on any atom is -0.326 e. The molecular formula is C21H25BrN4O. The maximum atomic E-state index is 13.5. The summed E-state index contributed by atoms with van der Waals surface area (Å²) >= 11 is 3.39. The van der Waals surface area contributed by atoms with Crippen molar-refractivity contribution in [1.82, 2.24) is 14.8 Å². The third kappa shape index (κ3) is 2.84. The van der Waals surface area contributed by atoms with Gasteiger partial charge < -0.3 is 5.32 Å². The van der Waals surface area contributed by atoms with Crippen LogP contribution in [-0.2, 0) is 10.3 Å². The van der Waals surface area contributed by atoms with Crippen LogP contribution in [0.4, 0.5) is 5.69 Å². The average molecular weight is 429 g/mol. The Bertz CT molecular complexity index is 886. The summed E-state index contributed by atoms with van der Waals surface area (Å²) in [5.74, 6) is 1.42. The number of halogens is 1. The molecule has 1 N–H and O–H groups in total. The van der Waals surface area contributed by atoms with Crippen LogP contribution in [0.5, 0.6) is 0 Å². The number of carbonyl (C=O) groups excluding carboxylic acids is 1. The predicted molar refractivity (Wildman–Crippen MR) is 107 cm³/mol. The molecule has 0 spiro atoms. The fraction of sp³-hybridized carbons (Fsp3) is 0.571. The summed E-state index contributed by atoms with van der Waals surface area (Å²) in [7, 11) is 0. The standard InChI is InChI=1S/C21H25BrN4O/c1-13-3-14(2)5-17(4-13)24-18(27)20-7-15-6-16(8-20)10-21(9-15,11-20)26-12-23-19(22)25-26/h3-5,12,15-16H,6-11H2,1-2H3,(H,24,27)/t15-,16-,20?,21?/m0/s1. The molecular weight excluding hydrogens is 404 g/mol. The van der Waals surface area contributed by atoms with Crippen molar-refractivity contribution >= 4 is 27.5 Å². The van der Waals surface area contributed by atoms with Gasteiger partial charge in [-0.15, -0.1) is 5.10 Å². The van der Waals surface area contributed by atoms with Gasteiger partial charge in [-0.05, 0) is 103 Å². The zero-order chi connectivity index (χ0) is 18.8. The van der Waals surface area contributed by atoms with Gasteiger partial charge in [0.25, 0.3) is 0 Å². The quantitative estimate of drug-likeness (QED) is 0.777. The second-order valence-corrected chi connectivity index (χ2v) is 9.96.